The van der Waals surface area contributed by atoms with Crippen molar-refractivity contribution in [3.8, 4) is 5.75 Å². The van der Waals surface area contributed by atoms with Crippen LogP contribution in [0.1, 0.15) is 48.1 Å². The van der Waals surface area contributed by atoms with Gasteiger partial charge < -0.3 is 10.1 Å². The van der Waals surface area contributed by atoms with Crippen LogP contribution in [0.4, 0.5) is 0 Å². The van der Waals surface area contributed by atoms with E-state index in [0.29, 0.717) is 5.75 Å². The normalized spacial score (nSPS) is 14.5. The molecule has 3 nitrogen and oxygen atoms in total. The van der Waals surface area contributed by atoms with Crippen LogP contribution in [0.2, 0.25) is 0 Å². The number of fused-ring (bicyclic) bond motifs is 1. The zero-order valence-corrected chi connectivity index (χ0v) is 16.4. The van der Waals surface area contributed by atoms with E-state index >= 15 is 0 Å². The molecule has 1 amide bonds. The van der Waals surface area contributed by atoms with Crippen LogP contribution in [0.25, 0.3) is 0 Å². The Morgan fingerprint density at radius 1 is 1.16 bits per heavy atom. The molecule has 0 fully saturated rings. The van der Waals surface area contributed by atoms with Gasteiger partial charge in [-0.25, -0.2) is 0 Å². The van der Waals surface area contributed by atoms with E-state index < -0.39 is 0 Å². The summed E-state index contributed by atoms with van der Waals surface area (Å²) in [6, 6.07) is 12.3. The highest BCUT2D eigenvalue weighted by molar-refractivity contribution is 9.10. The van der Waals surface area contributed by atoms with Gasteiger partial charge in [0.2, 0.25) is 0 Å². The zero-order chi connectivity index (χ0) is 17.8. The van der Waals surface area contributed by atoms with Crippen molar-refractivity contribution in [2.45, 2.75) is 45.6 Å². The number of nitrogens with one attached hydrogen (secondary N) is 1. The van der Waals surface area contributed by atoms with Crippen LogP contribution in [0.15, 0.2) is 40.9 Å². The van der Waals surface area contributed by atoms with E-state index in [-0.39, 0.29) is 18.6 Å². The zero-order valence-electron chi connectivity index (χ0n) is 14.8. The minimum Gasteiger partial charge on any atom is -0.484 e. The Kier molecular flexibility index (Phi) is 5.79. The van der Waals surface area contributed by atoms with Crippen molar-refractivity contribution in [1.29, 1.82) is 0 Å². The van der Waals surface area contributed by atoms with Crippen molar-refractivity contribution in [1.82, 2.24) is 5.32 Å². The number of carbonyl (C=O) groups excluding carboxylic acids is 1. The molecule has 0 bridgehead atoms. The number of benzene rings is 2. The number of ether oxygens (including phenoxy) is 1. The summed E-state index contributed by atoms with van der Waals surface area (Å²) in [4.78, 5) is 12.2. The van der Waals surface area contributed by atoms with Crippen LogP contribution >= 0.6 is 15.9 Å². The van der Waals surface area contributed by atoms with Gasteiger partial charge in [0.15, 0.2) is 6.61 Å². The molecule has 2 aromatic carbocycles. The Morgan fingerprint density at radius 2 is 1.92 bits per heavy atom. The van der Waals surface area contributed by atoms with Crippen LogP contribution in [-0.4, -0.2) is 12.5 Å². The maximum Gasteiger partial charge on any atom is 0.258 e. The molecule has 0 unspecified atom stereocenters. The van der Waals surface area contributed by atoms with Crippen LogP contribution in [-0.2, 0) is 17.6 Å². The molecule has 0 saturated heterocycles. The number of carbonyl (C=O) groups is 1. The molecule has 4 heteroatoms. The largest absolute Gasteiger partial charge is 0.484 e. The van der Waals surface area contributed by atoms with Gasteiger partial charge in [-0.3, -0.25) is 4.79 Å². The molecule has 1 aliphatic rings. The first-order valence-electron chi connectivity index (χ1n) is 8.83. The molecule has 25 heavy (non-hydrogen) atoms. The van der Waals surface area contributed by atoms with Crippen LogP contribution < -0.4 is 10.1 Å². The van der Waals surface area contributed by atoms with E-state index in [1.165, 1.54) is 30.4 Å². The van der Waals surface area contributed by atoms with Crippen molar-refractivity contribution in [2.75, 3.05) is 6.61 Å². The number of amides is 1. The highest BCUT2D eigenvalue weighted by atomic mass is 79.9. The average molecular weight is 402 g/mol. The van der Waals surface area contributed by atoms with Gasteiger partial charge in [-0.15, -0.1) is 0 Å². The fraction of sp³-hybridized carbons (Fsp3) is 0.381. The third kappa shape index (κ3) is 4.63. The highest BCUT2D eigenvalue weighted by Gasteiger charge is 2.14. The van der Waals surface area contributed by atoms with Crippen molar-refractivity contribution in [2.24, 2.45) is 0 Å². The molecule has 0 aliphatic heterocycles. The third-order valence-electron chi connectivity index (χ3n) is 4.75. The molecule has 3 rings (SSSR count). The lowest BCUT2D eigenvalue weighted by Gasteiger charge is -2.20. The molecule has 1 aliphatic carbocycles. The molecule has 0 saturated carbocycles. The molecule has 0 aromatic heterocycles. The smallest absolute Gasteiger partial charge is 0.258 e. The summed E-state index contributed by atoms with van der Waals surface area (Å²) in [7, 11) is 0. The summed E-state index contributed by atoms with van der Waals surface area (Å²) in [5, 5.41) is 3.03. The first-order valence-corrected chi connectivity index (χ1v) is 9.62. The molecule has 2 aromatic rings. The topological polar surface area (TPSA) is 38.3 Å². The first kappa shape index (κ1) is 18.0. The van der Waals surface area contributed by atoms with Gasteiger partial charge in [-0.2, -0.15) is 0 Å². The second-order valence-corrected chi connectivity index (χ2v) is 7.58. The molecule has 1 N–H and O–H groups in total. The lowest BCUT2D eigenvalue weighted by atomic mass is 9.89. The van der Waals surface area contributed by atoms with E-state index in [4.69, 9.17) is 4.74 Å². The minimum absolute atomic E-state index is 0.0185. The maximum atomic E-state index is 12.2. The Bertz CT molecular complexity index is 772. The Morgan fingerprint density at radius 3 is 2.68 bits per heavy atom. The summed E-state index contributed by atoms with van der Waals surface area (Å²) in [6.07, 6.45) is 4.87. The number of halogens is 1. The molecular weight excluding hydrogens is 378 g/mol. The molecule has 132 valence electrons. The predicted molar refractivity (Wildman–Crippen MR) is 104 cm³/mol. The second kappa shape index (κ2) is 8.05. The molecular formula is C21H24BrNO2. The Hall–Kier alpha value is -1.81. The van der Waals surface area contributed by atoms with Gasteiger partial charge in [0.05, 0.1) is 6.04 Å². The van der Waals surface area contributed by atoms with E-state index in [1.54, 1.807) is 0 Å². The van der Waals surface area contributed by atoms with Crippen LogP contribution in [0.3, 0.4) is 0 Å². The second-order valence-electron chi connectivity index (χ2n) is 6.72. The number of rotatable bonds is 5. The van der Waals surface area contributed by atoms with Gasteiger partial charge in [0.25, 0.3) is 5.91 Å². The summed E-state index contributed by atoms with van der Waals surface area (Å²) < 4.78 is 6.63. The Balaban J connectivity index is 1.56. The molecule has 0 spiro atoms. The van der Waals surface area contributed by atoms with E-state index in [9.17, 15) is 4.79 Å². The van der Waals surface area contributed by atoms with Crippen molar-refractivity contribution in [3.05, 3.63) is 63.1 Å². The molecule has 0 heterocycles. The van der Waals surface area contributed by atoms with Crippen molar-refractivity contribution in [3.63, 3.8) is 0 Å². The highest BCUT2D eigenvalue weighted by Crippen LogP contribution is 2.25. The van der Waals surface area contributed by atoms with E-state index in [1.807, 2.05) is 32.0 Å². The van der Waals surface area contributed by atoms with Gasteiger partial charge in [0, 0.05) is 4.47 Å². The van der Waals surface area contributed by atoms with Crippen LogP contribution in [0, 0.1) is 6.92 Å². The average Bonchev–Trinajstić information content (AvgIpc) is 2.62. The number of hydrogen-bond acceptors (Lipinski definition) is 2. The fourth-order valence-corrected chi connectivity index (χ4v) is 3.49. The monoisotopic (exact) mass is 401 g/mol. The summed E-state index contributed by atoms with van der Waals surface area (Å²) in [5.41, 5.74) is 5.14. The number of hydrogen-bond donors (Lipinski definition) is 1. The molecule has 1 atom stereocenters. The lowest BCUT2D eigenvalue weighted by molar-refractivity contribution is -0.123. The first-order chi connectivity index (χ1) is 12.0. The van der Waals surface area contributed by atoms with Crippen molar-refractivity contribution < 1.29 is 9.53 Å². The van der Waals surface area contributed by atoms with Gasteiger partial charge in [-0.05, 0) is 80.0 Å². The fourth-order valence-electron chi connectivity index (χ4n) is 3.25. The molecule has 0 radical (unpaired) electrons. The van der Waals surface area contributed by atoms with Gasteiger partial charge in [0.1, 0.15) is 5.75 Å². The summed E-state index contributed by atoms with van der Waals surface area (Å²) in [6.45, 7) is 4.04. The lowest BCUT2D eigenvalue weighted by Crippen LogP contribution is -2.31. The van der Waals surface area contributed by atoms with E-state index in [2.05, 4.69) is 39.4 Å². The van der Waals surface area contributed by atoms with Gasteiger partial charge in [-0.1, -0.05) is 34.1 Å². The summed E-state index contributed by atoms with van der Waals surface area (Å²) in [5.74, 6) is 0.600. The maximum absolute atomic E-state index is 12.2. The quantitative estimate of drug-likeness (QED) is 0.773. The van der Waals surface area contributed by atoms with E-state index in [0.717, 1.165) is 22.0 Å². The van der Waals surface area contributed by atoms with Crippen LogP contribution in [0.5, 0.6) is 5.75 Å². The standard InChI is InChI=1S/C21H24BrNO2/c1-14-11-19(9-10-20(14)22)25-13-21(24)23-15(2)17-8-7-16-5-3-4-6-18(16)12-17/h7-12,15H,3-6,13H2,1-2H3,(H,23,24)/t15-/m0/s1. The minimum atomic E-state index is -0.106. The third-order valence-corrected chi connectivity index (χ3v) is 5.64. The number of aryl methyl sites for hydroxylation is 3. The summed E-state index contributed by atoms with van der Waals surface area (Å²) >= 11 is 3.46. The van der Waals surface area contributed by atoms with Crippen molar-refractivity contribution >= 4 is 21.8 Å². The van der Waals surface area contributed by atoms with Gasteiger partial charge >= 0.3 is 0 Å². The predicted octanol–water partition coefficient (Wildman–Crippen LogP) is 4.89. The Labute approximate surface area is 157 Å². The SMILES string of the molecule is Cc1cc(OCC(=O)N[C@@H](C)c2ccc3c(c2)CCCC3)ccc1Br.